The number of nitrogens with zero attached hydrogens (tertiary/aromatic N) is 3. The molecule has 2 aromatic rings. The molecule has 7 heteroatoms. The van der Waals surface area contributed by atoms with Gasteiger partial charge in [0.1, 0.15) is 5.82 Å². The molecule has 3 rings (SSSR count). The van der Waals surface area contributed by atoms with Crippen LogP contribution in [0.4, 0.5) is 5.82 Å². The van der Waals surface area contributed by atoms with Crippen molar-refractivity contribution in [3.8, 4) is 0 Å². The van der Waals surface area contributed by atoms with E-state index in [2.05, 4.69) is 31.7 Å². The van der Waals surface area contributed by atoms with Crippen LogP contribution in [0.2, 0.25) is 0 Å². The van der Waals surface area contributed by atoms with Crippen molar-refractivity contribution in [2.75, 3.05) is 31.2 Å². The lowest BCUT2D eigenvalue weighted by Crippen LogP contribution is -2.37. The number of aromatic nitrogens is 2. The van der Waals surface area contributed by atoms with Crippen molar-refractivity contribution in [1.29, 1.82) is 0 Å². The van der Waals surface area contributed by atoms with Gasteiger partial charge >= 0.3 is 0 Å². The summed E-state index contributed by atoms with van der Waals surface area (Å²) in [5.74, 6) is 0.351. The maximum absolute atomic E-state index is 11.0. The second-order valence-electron chi connectivity index (χ2n) is 7.52. The van der Waals surface area contributed by atoms with Gasteiger partial charge in [0.15, 0.2) is 5.16 Å². The van der Waals surface area contributed by atoms with Crippen molar-refractivity contribution in [3.63, 3.8) is 0 Å². The lowest BCUT2D eigenvalue weighted by atomic mass is 9.92. The number of carbonyl (C=O) groups is 1. The minimum Gasteiger partial charge on any atom is -0.545 e. The molecule has 144 valence electrons. The second kappa shape index (κ2) is 8.27. The van der Waals surface area contributed by atoms with E-state index in [1.54, 1.807) is 12.1 Å². The molecule has 1 aliphatic rings. The third kappa shape index (κ3) is 5.20. The maximum atomic E-state index is 11.0. The molecule has 0 atom stereocenters. The molecular weight excluding hydrogens is 362 g/mol. The molecule has 0 amide bonds. The number of rotatable bonds is 5. The van der Waals surface area contributed by atoms with Crippen LogP contribution in [-0.4, -0.2) is 42.2 Å². The molecule has 0 radical (unpaired) electrons. The molecule has 1 aromatic carbocycles. The average Bonchev–Trinajstić information content (AvgIpc) is 2.66. The van der Waals surface area contributed by atoms with Gasteiger partial charge in [-0.25, -0.2) is 9.97 Å². The molecule has 27 heavy (non-hydrogen) atoms. The minimum absolute atomic E-state index is 0.0891. The Hall–Kier alpha value is -2.12. The number of aromatic carboxylic acids is 1. The van der Waals surface area contributed by atoms with Crippen molar-refractivity contribution < 1.29 is 14.6 Å². The zero-order valence-electron chi connectivity index (χ0n) is 15.9. The smallest absolute Gasteiger partial charge is 0.190 e. The van der Waals surface area contributed by atoms with Gasteiger partial charge in [-0.05, 0) is 17.2 Å². The molecule has 2 heterocycles. The van der Waals surface area contributed by atoms with Crippen molar-refractivity contribution in [1.82, 2.24) is 9.97 Å². The summed E-state index contributed by atoms with van der Waals surface area (Å²) in [7, 11) is 0. The Morgan fingerprint density at radius 2 is 1.96 bits per heavy atom. The zero-order chi connectivity index (χ0) is 19.4. The van der Waals surface area contributed by atoms with E-state index in [1.165, 1.54) is 17.8 Å². The minimum atomic E-state index is -1.16. The predicted octanol–water partition coefficient (Wildman–Crippen LogP) is 2.27. The topological polar surface area (TPSA) is 78.4 Å². The Kier molecular flexibility index (Phi) is 6.01. The number of carbonyl (C=O) groups excluding carboxylic acids is 1. The van der Waals surface area contributed by atoms with Crippen molar-refractivity contribution in [2.45, 2.75) is 37.1 Å². The van der Waals surface area contributed by atoms with E-state index in [9.17, 15) is 9.90 Å². The molecule has 0 bridgehead atoms. The van der Waals surface area contributed by atoms with E-state index in [4.69, 9.17) is 14.7 Å². The van der Waals surface area contributed by atoms with E-state index >= 15 is 0 Å². The first kappa shape index (κ1) is 19.6. The summed E-state index contributed by atoms with van der Waals surface area (Å²) in [5.41, 5.74) is 1.99. The largest absolute Gasteiger partial charge is 0.545 e. The van der Waals surface area contributed by atoms with Crippen molar-refractivity contribution in [3.05, 3.63) is 47.2 Å². The first-order chi connectivity index (χ1) is 12.8. The SMILES string of the molecule is CC(C)(C)c1cc(N2CCOCC2)nc(SCc2cccc(C(=O)[O-])c2)n1. The van der Waals surface area contributed by atoms with Crippen molar-refractivity contribution >= 4 is 23.5 Å². The zero-order valence-corrected chi connectivity index (χ0v) is 16.7. The fourth-order valence-electron chi connectivity index (χ4n) is 2.75. The number of benzene rings is 1. The summed E-state index contributed by atoms with van der Waals surface area (Å²) >= 11 is 1.51. The highest BCUT2D eigenvalue weighted by Gasteiger charge is 2.21. The summed E-state index contributed by atoms with van der Waals surface area (Å²) in [6, 6.07) is 8.87. The van der Waals surface area contributed by atoms with Gasteiger partial charge in [-0.15, -0.1) is 0 Å². The van der Waals surface area contributed by atoms with Crippen LogP contribution in [0.15, 0.2) is 35.5 Å². The molecule has 1 saturated heterocycles. The third-order valence-corrected chi connectivity index (χ3v) is 5.24. The average molecular weight is 386 g/mol. The van der Waals surface area contributed by atoms with Crippen LogP contribution >= 0.6 is 11.8 Å². The second-order valence-corrected chi connectivity index (χ2v) is 8.46. The van der Waals surface area contributed by atoms with Gasteiger partial charge in [0, 0.05) is 30.3 Å². The fraction of sp³-hybridized carbons (Fsp3) is 0.450. The van der Waals surface area contributed by atoms with Crippen LogP contribution in [0.5, 0.6) is 0 Å². The number of hydrogen-bond acceptors (Lipinski definition) is 7. The van der Waals surface area contributed by atoms with Gasteiger partial charge in [-0.3, -0.25) is 0 Å². The van der Waals surface area contributed by atoms with Crippen LogP contribution in [0, 0.1) is 0 Å². The molecule has 0 aliphatic carbocycles. The molecule has 0 N–H and O–H groups in total. The van der Waals surface area contributed by atoms with Gasteiger partial charge in [0.25, 0.3) is 0 Å². The summed E-state index contributed by atoms with van der Waals surface area (Å²) < 4.78 is 5.44. The number of ether oxygens (including phenoxy) is 1. The number of thioether (sulfide) groups is 1. The first-order valence-corrected chi connectivity index (χ1v) is 9.97. The Morgan fingerprint density at radius 1 is 1.22 bits per heavy atom. The van der Waals surface area contributed by atoms with Gasteiger partial charge in [-0.2, -0.15) is 0 Å². The molecular formula is C20H24N3O3S-. The maximum Gasteiger partial charge on any atom is 0.190 e. The van der Waals surface area contributed by atoms with E-state index in [0.29, 0.717) is 24.1 Å². The summed E-state index contributed by atoms with van der Waals surface area (Å²) in [6.07, 6.45) is 0. The van der Waals surface area contributed by atoms with Crippen LogP contribution in [0.25, 0.3) is 0 Å². The Labute approximate surface area is 164 Å². The number of morpholine rings is 1. The van der Waals surface area contributed by atoms with Crippen molar-refractivity contribution in [2.24, 2.45) is 0 Å². The van der Waals surface area contributed by atoms with Gasteiger partial charge in [0.05, 0.1) is 24.9 Å². The lowest BCUT2D eigenvalue weighted by Gasteiger charge is -2.29. The van der Waals surface area contributed by atoms with E-state index in [0.717, 1.165) is 30.2 Å². The standard InChI is InChI=1S/C20H25N3O3S/c1-20(2,3)16-12-17(23-7-9-26-10-8-23)22-19(21-16)27-13-14-5-4-6-15(11-14)18(24)25/h4-6,11-12H,7-10,13H2,1-3H3,(H,24,25)/p-1. The number of anilines is 1. The van der Waals surface area contributed by atoms with E-state index < -0.39 is 5.97 Å². The number of hydrogen-bond donors (Lipinski definition) is 0. The monoisotopic (exact) mass is 386 g/mol. The van der Waals surface area contributed by atoms with Gasteiger partial charge in [0.2, 0.25) is 0 Å². The van der Waals surface area contributed by atoms with Crippen LogP contribution in [-0.2, 0) is 15.9 Å². The lowest BCUT2D eigenvalue weighted by molar-refractivity contribution is -0.255. The molecule has 1 fully saturated rings. The quantitative estimate of drug-likeness (QED) is 0.576. The summed E-state index contributed by atoms with van der Waals surface area (Å²) in [6.45, 7) is 9.44. The van der Waals surface area contributed by atoms with Crippen LogP contribution in [0.3, 0.4) is 0 Å². The number of carboxylic acid groups (broad SMARTS) is 1. The Bertz CT molecular complexity index is 814. The molecule has 0 spiro atoms. The fourth-order valence-corrected chi connectivity index (χ4v) is 3.55. The normalized spacial score (nSPS) is 15.0. The Morgan fingerprint density at radius 3 is 2.63 bits per heavy atom. The highest BCUT2D eigenvalue weighted by Crippen LogP contribution is 2.28. The summed E-state index contributed by atoms with van der Waals surface area (Å²) in [4.78, 5) is 22.7. The first-order valence-electron chi connectivity index (χ1n) is 8.98. The highest BCUT2D eigenvalue weighted by molar-refractivity contribution is 7.98. The molecule has 1 aromatic heterocycles. The van der Waals surface area contributed by atoms with Gasteiger partial charge in [-0.1, -0.05) is 50.7 Å². The summed E-state index contributed by atoms with van der Waals surface area (Å²) in [5, 5.41) is 11.7. The van der Waals surface area contributed by atoms with Crippen LogP contribution in [0.1, 0.15) is 42.4 Å². The molecule has 6 nitrogen and oxygen atoms in total. The molecule has 0 unspecified atom stereocenters. The third-order valence-electron chi connectivity index (χ3n) is 4.33. The van der Waals surface area contributed by atoms with Crippen LogP contribution < -0.4 is 10.0 Å². The Balaban J connectivity index is 1.83. The van der Waals surface area contributed by atoms with Gasteiger partial charge < -0.3 is 19.5 Å². The van der Waals surface area contributed by atoms with E-state index in [-0.39, 0.29) is 11.0 Å². The number of carboxylic acids is 1. The molecule has 0 saturated carbocycles. The highest BCUT2D eigenvalue weighted by atomic mass is 32.2. The predicted molar refractivity (Wildman–Crippen MR) is 104 cm³/mol. The molecule has 1 aliphatic heterocycles. The van der Waals surface area contributed by atoms with E-state index in [1.807, 2.05) is 6.07 Å².